The molecule has 8 bridgehead atoms. The molecule has 0 aromatic carbocycles. The summed E-state index contributed by atoms with van der Waals surface area (Å²) >= 11 is -0.226. The molecule has 234 valence electrons. The normalized spacial score (nSPS) is 23.7. The molecule has 5 heterocycles. The number of aliphatic imine (C=N–C) groups is 3. The van der Waals surface area contributed by atoms with E-state index in [9.17, 15) is 0 Å². The molecule has 0 radical (unpaired) electrons. The van der Waals surface area contributed by atoms with Crippen molar-refractivity contribution < 1.29 is 15.1 Å². The van der Waals surface area contributed by atoms with Crippen molar-refractivity contribution in [2.75, 3.05) is 0 Å². The van der Waals surface area contributed by atoms with Gasteiger partial charge in [0.25, 0.3) is 0 Å². The summed E-state index contributed by atoms with van der Waals surface area (Å²) in [6.07, 6.45) is 13.2. The van der Waals surface area contributed by atoms with Gasteiger partial charge >= 0.3 is 34.5 Å². The fourth-order valence-corrected chi connectivity index (χ4v) is 7.69. The van der Waals surface area contributed by atoms with Gasteiger partial charge in [0.15, 0.2) is 0 Å². The Hall–Kier alpha value is -1.81. The number of nitrogens with zero attached hydrogens (tertiary/aromatic N) is 4. The van der Waals surface area contributed by atoms with Gasteiger partial charge in [0.2, 0.25) is 0 Å². The van der Waals surface area contributed by atoms with Gasteiger partial charge in [-0.3, -0.25) is 9.98 Å². The predicted octanol–water partition coefficient (Wildman–Crippen LogP) is 10.6. The number of hydrogen-bond donors (Lipinski definition) is 0. The number of halogens is 2. The first-order chi connectivity index (χ1) is 20.7. The predicted molar refractivity (Wildman–Crippen MR) is 184 cm³/mol. The summed E-state index contributed by atoms with van der Waals surface area (Å²) in [5.74, 6) is 0. The van der Waals surface area contributed by atoms with E-state index < -0.39 is 0 Å². The molecule has 1 unspecified atom stereocenters. The van der Waals surface area contributed by atoms with Crippen molar-refractivity contribution >= 4 is 42.6 Å². The standard InChI is InChI=1S/C36H47N4.2ClH.Rh/c1-10-21-22(11-2)33-20-36(9)28(17-8)27(16-7)32(40-36)19-31-24(13-4)26(15-6)35(39-31)34-25(14-5)23(12-3)30(38-34)18-29(21)37-33;;;/h18-19H,10-17,20H2,1-9H3;2*1H;/q-1;;;+3/p-2/b29-18-,31-19-;;;. The second-order valence-corrected chi connectivity index (χ2v) is 14.1. The third-order valence-electron chi connectivity index (χ3n) is 9.46. The van der Waals surface area contributed by atoms with Crippen LogP contribution in [-0.4, -0.2) is 22.7 Å². The van der Waals surface area contributed by atoms with Crippen LogP contribution in [0.2, 0.25) is 0 Å². The van der Waals surface area contributed by atoms with Crippen molar-refractivity contribution in [1.29, 1.82) is 0 Å². The van der Waals surface area contributed by atoms with E-state index in [0.717, 1.165) is 92.0 Å². The summed E-state index contributed by atoms with van der Waals surface area (Å²) in [7, 11) is 9.67. The van der Waals surface area contributed by atoms with E-state index in [1.807, 2.05) is 0 Å². The minimum atomic E-state index is -0.288. The number of rotatable bonds is 8. The first-order valence-electron chi connectivity index (χ1n) is 16.1. The zero-order valence-electron chi connectivity index (χ0n) is 27.4. The van der Waals surface area contributed by atoms with Crippen LogP contribution in [0.5, 0.6) is 0 Å². The molecule has 0 N–H and O–H groups in total. The number of allylic oxidation sites excluding steroid dienone is 6. The van der Waals surface area contributed by atoms with Crippen LogP contribution in [0.25, 0.3) is 6.08 Å². The average Bonchev–Trinajstić information content (AvgIpc) is 3.70. The van der Waals surface area contributed by atoms with Crippen LogP contribution in [0, 0.1) is 0 Å². The Morgan fingerprint density at radius 1 is 0.698 bits per heavy atom. The van der Waals surface area contributed by atoms with Crippen molar-refractivity contribution in [3.63, 3.8) is 0 Å². The molecule has 0 amide bonds. The monoisotopic (exact) mass is 708 g/mol. The van der Waals surface area contributed by atoms with Crippen molar-refractivity contribution in [3.8, 4) is 0 Å². The molecule has 4 nitrogen and oxygen atoms in total. The number of hydrogen-bond acceptors (Lipinski definition) is 3. The molecule has 0 saturated heterocycles. The van der Waals surface area contributed by atoms with Gasteiger partial charge < -0.3 is 4.98 Å². The van der Waals surface area contributed by atoms with E-state index in [-0.39, 0.29) is 20.7 Å². The van der Waals surface area contributed by atoms with Gasteiger partial charge in [-0.2, -0.15) is 0 Å². The van der Waals surface area contributed by atoms with Crippen LogP contribution >= 0.6 is 19.4 Å². The molecule has 0 aliphatic carbocycles. The number of fused-ring (bicyclic) bond motifs is 6. The third-order valence-corrected chi connectivity index (χ3v) is 9.46. The van der Waals surface area contributed by atoms with Crippen LogP contribution < -0.4 is 4.98 Å². The summed E-state index contributed by atoms with van der Waals surface area (Å²) in [5, 5.41) is 0. The summed E-state index contributed by atoms with van der Waals surface area (Å²) in [4.78, 5) is 21.6. The molecule has 43 heavy (non-hydrogen) atoms. The molecule has 1 aromatic rings. The van der Waals surface area contributed by atoms with Crippen LogP contribution in [0.4, 0.5) is 0 Å². The van der Waals surface area contributed by atoms with Crippen molar-refractivity contribution in [1.82, 2.24) is 4.98 Å². The molecule has 0 spiro atoms. The van der Waals surface area contributed by atoms with Crippen LogP contribution in [-0.2, 0) is 28.0 Å². The zero-order valence-corrected chi connectivity index (χ0v) is 30.5. The summed E-state index contributed by atoms with van der Waals surface area (Å²) in [6.45, 7) is 20.5. The minimum absolute atomic E-state index is 0.226. The first kappa shape index (κ1) is 34.1. The van der Waals surface area contributed by atoms with Crippen molar-refractivity contribution in [2.45, 2.75) is 126 Å². The molecule has 1 aromatic heterocycles. The second kappa shape index (κ2) is 14.5. The second-order valence-electron chi connectivity index (χ2n) is 11.6. The van der Waals surface area contributed by atoms with E-state index in [0.29, 0.717) is 0 Å². The molecule has 1 atom stereocenters. The van der Waals surface area contributed by atoms with E-state index in [1.165, 1.54) is 50.3 Å². The Kier molecular flexibility index (Phi) is 11.5. The maximum absolute atomic E-state index is 5.52. The molecule has 4 aliphatic heterocycles. The molecule has 5 rings (SSSR count). The van der Waals surface area contributed by atoms with Gasteiger partial charge in [-0.1, -0.05) is 72.6 Å². The molecule has 4 aliphatic rings. The Morgan fingerprint density at radius 3 is 1.79 bits per heavy atom. The Bertz CT molecular complexity index is 1530. The Labute approximate surface area is 275 Å². The SMILES string of the molecule is CCC1=C(CC)/C2=C/c3[n-]c(c(CC)c3CC)C3=N/C(=C\C4=NC(C)(CC1=N2)C(CC)=C4CC)C(CC)=C3CC.[Cl][Rh+][Cl]. The van der Waals surface area contributed by atoms with Gasteiger partial charge in [0, 0.05) is 12.1 Å². The van der Waals surface area contributed by atoms with Gasteiger partial charge in [-0.15, -0.1) is 11.4 Å². The van der Waals surface area contributed by atoms with E-state index >= 15 is 0 Å². The average molecular weight is 710 g/mol. The number of aromatic nitrogens is 1. The van der Waals surface area contributed by atoms with Crippen LogP contribution in [0.3, 0.4) is 0 Å². The molecule has 0 saturated carbocycles. The molecular formula is C36H47Cl2N4Rh. The maximum atomic E-state index is 5.52. The van der Waals surface area contributed by atoms with Gasteiger partial charge in [0.1, 0.15) is 0 Å². The zero-order chi connectivity index (χ0) is 31.5. The van der Waals surface area contributed by atoms with Gasteiger partial charge in [-0.25, -0.2) is 4.99 Å². The fourth-order valence-electron chi connectivity index (χ4n) is 7.69. The van der Waals surface area contributed by atoms with E-state index in [2.05, 4.69) is 74.5 Å². The molecular weight excluding hydrogens is 662 g/mol. The van der Waals surface area contributed by atoms with Crippen molar-refractivity contribution in [3.05, 3.63) is 73.4 Å². The molecule has 0 fully saturated rings. The summed E-state index contributed by atoms with van der Waals surface area (Å²) in [5.41, 5.74) is 18.5. The van der Waals surface area contributed by atoms with Crippen LogP contribution in [0.15, 0.2) is 65.9 Å². The Morgan fingerprint density at radius 2 is 1.26 bits per heavy atom. The van der Waals surface area contributed by atoms with E-state index in [4.69, 9.17) is 39.3 Å². The summed E-state index contributed by atoms with van der Waals surface area (Å²) < 4.78 is 0. The molecule has 7 heteroatoms. The first-order valence-corrected chi connectivity index (χ1v) is 20.4. The topological polar surface area (TPSA) is 51.2 Å². The fraction of sp³-hybridized carbons (Fsp3) is 0.528. The van der Waals surface area contributed by atoms with E-state index in [1.54, 1.807) is 0 Å². The van der Waals surface area contributed by atoms with Gasteiger partial charge in [0.05, 0.1) is 28.4 Å². The quantitative estimate of drug-likeness (QED) is 0.248. The van der Waals surface area contributed by atoms with Gasteiger partial charge in [-0.05, 0) is 97.8 Å². The van der Waals surface area contributed by atoms with Crippen LogP contribution in [0.1, 0.15) is 130 Å². The Balaban J connectivity index is 0.00000135. The van der Waals surface area contributed by atoms with Crippen molar-refractivity contribution in [2.24, 2.45) is 15.0 Å². The summed E-state index contributed by atoms with van der Waals surface area (Å²) in [6, 6.07) is 0. The third kappa shape index (κ3) is 6.08.